The lowest BCUT2D eigenvalue weighted by Gasteiger charge is -2.06. The highest BCUT2D eigenvalue weighted by atomic mass is 32.2. The van der Waals surface area contributed by atoms with E-state index in [4.69, 9.17) is 0 Å². The fourth-order valence-corrected chi connectivity index (χ4v) is 3.40. The minimum atomic E-state index is 0.0984. The molecule has 3 aromatic rings. The summed E-state index contributed by atoms with van der Waals surface area (Å²) in [5.41, 5.74) is 1.32. The molecule has 3 rings (SSSR count). The summed E-state index contributed by atoms with van der Waals surface area (Å²) in [5.74, 6) is 0.560. The van der Waals surface area contributed by atoms with Crippen LogP contribution in [-0.2, 0) is 11.2 Å². The molecule has 0 fully saturated rings. The molecule has 3 heteroatoms. The van der Waals surface area contributed by atoms with Gasteiger partial charge in [-0.05, 0) is 41.3 Å². The zero-order valence-electron chi connectivity index (χ0n) is 13.6. The maximum Gasteiger partial charge on any atom is 0.230 e. The maximum atomic E-state index is 12.0. The molecule has 1 N–H and O–H groups in total. The van der Waals surface area contributed by atoms with Gasteiger partial charge in [0.05, 0.1) is 5.75 Å². The van der Waals surface area contributed by atoms with Gasteiger partial charge in [0, 0.05) is 11.4 Å². The lowest BCUT2D eigenvalue weighted by Crippen LogP contribution is -2.26. The van der Waals surface area contributed by atoms with Crippen molar-refractivity contribution < 1.29 is 4.79 Å². The molecule has 24 heavy (non-hydrogen) atoms. The van der Waals surface area contributed by atoms with Crippen LogP contribution in [0, 0.1) is 0 Å². The molecule has 0 aromatic heterocycles. The number of hydrogen-bond acceptors (Lipinski definition) is 2. The van der Waals surface area contributed by atoms with E-state index in [0.717, 1.165) is 24.3 Å². The predicted octanol–water partition coefficient (Wildman–Crippen LogP) is 4.68. The highest BCUT2D eigenvalue weighted by molar-refractivity contribution is 8.00. The van der Waals surface area contributed by atoms with E-state index in [0.29, 0.717) is 5.75 Å². The van der Waals surface area contributed by atoms with Gasteiger partial charge in [0.2, 0.25) is 5.91 Å². The molecule has 0 saturated heterocycles. The van der Waals surface area contributed by atoms with Gasteiger partial charge in [0.15, 0.2) is 0 Å². The average molecular weight is 335 g/mol. The molecule has 1 amide bonds. The standard InChI is InChI=1S/C21H21NOS/c23-21(22-14-6-9-17-7-2-1-3-8-17)16-24-20-13-12-18-10-4-5-11-19(18)15-20/h1-5,7-8,10-13,15H,6,9,14,16H2,(H,22,23). The Hall–Kier alpha value is -2.26. The van der Waals surface area contributed by atoms with Crippen LogP contribution in [0.5, 0.6) is 0 Å². The van der Waals surface area contributed by atoms with Crippen molar-refractivity contribution in [3.8, 4) is 0 Å². The molecule has 0 spiro atoms. The van der Waals surface area contributed by atoms with Crippen molar-refractivity contribution in [2.24, 2.45) is 0 Å². The fraction of sp³-hybridized carbons (Fsp3) is 0.190. The third kappa shape index (κ3) is 4.87. The van der Waals surface area contributed by atoms with Crippen LogP contribution in [0.2, 0.25) is 0 Å². The van der Waals surface area contributed by atoms with E-state index >= 15 is 0 Å². The third-order valence-electron chi connectivity index (χ3n) is 3.90. The molecular weight excluding hydrogens is 314 g/mol. The van der Waals surface area contributed by atoms with Crippen LogP contribution in [0.15, 0.2) is 77.7 Å². The molecule has 0 radical (unpaired) electrons. The van der Waals surface area contributed by atoms with Gasteiger partial charge in [-0.3, -0.25) is 4.79 Å². The quantitative estimate of drug-likeness (QED) is 0.502. The van der Waals surface area contributed by atoms with Crippen LogP contribution in [0.4, 0.5) is 0 Å². The normalized spacial score (nSPS) is 10.7. The molecule has 3 aromatic carbocycles. The van der Waals surface area contributed by atoms with E-state index in [-0.39, 0.29) is 5.91 Å². The molecule has 122 valence electrons. The Morgan fingerprint density at radius 1 is 0.875 bits per heavy atom. The van der Waals surface area contributed by atoms with Gasteiger partial charge < -0.3 is 5.32 Å². The molecule has 2 nitrogen and oxygen atoms in total. The number of benzene rings is 3. The zero-order chi connectivity index (χ0) is 16.6. The summed E-state index contributed by atoms with van der Waals surface area (Å²) in [6, 6.07) is 25.0. The summed E-state index contributed by atoms with van der Waals surface area (Å²) < 4.78 is 0. The Balaban J connectivity index is 1.40. The summed E-state index contributed by atoms with van der Waals surface area (Å²) in [6.07, 6.45) is 1.97. The molecular formula is C21H21NOS. The second-order valence-electron chi connectivity index (χ2n) is 5.74. The number of carbonyl (C=O) groups excluding carboxylic acids is 1. The Morgan fingerprint density at radius 3 is 2.46 bits per heavy atom. The first-order valence-corrected chi connectivity index (χ1v) is 9.22. The number of hydrogen-bond donors (Lipinski definition) is 1. The van der Waals surface area contributed by atoms with Crippen molar-refractivity contribution in [2.75, 3.05) is 12.3 Å². The predicted molar refractivity (Wildman–Crippen MR) is 102 cm³/mol. The Kier molecular flexibility index (Phi) is 5.91. The van der Waals surface area contributed by atoms with Gasteiger partial charge >= 0.3 is 0 Å². The van der Waals surface area contributed by atoms with Crippen molar-refractivity contribution in [1.29, 1.82) is 0 Å². The molecule has 0 unspecified atom stereocenters. The minimum absolute atomic E-state index is 0.0984. The molecule has 0 atom stereocenters. The molecule has 0 aliphatic heterocycles. The Bertz CT molecular complexity index is 801. The second kappa shape index (κ2) is 8.55. The minimum Gasteiger partial charge on any atom is -0.355 e. The van der Waals surface area contributed by atoms with E-state index in [1.807, 2.05) is 30.3 Å². The molecule has 0 bridgehead atoms. The van der Waals surface area contributed by atoms with Gasteiger partial charge in [0.25, 0.3) is 0 Å². The van der Waals surface area contributed by atoms with Crippen LogP contribution in [0.3, 0.4) is 0 Å². The number of carbonyl (C=O) groups is 1. The lowest BCUT2D eigenvalue weighted by atomic mass is 10.1. The first kappa shape index (κ1) is 16.6. The summed E-state index contributed by atoms with van der Waals surface area (Å²) >= 11 is 1.59. The van der Waals surface area contributed by atoms with E-state index in [1.165, 1.54) is 16.3 Å². The van der Waals surface area contributed by atoms with Crippen molar-refractivity contribution in [3.63, 3.8) is 0 Å². The van der Waals surface area contributed by atoms with Crippen molar-refractivity contribution in [1.82, 2.24) is 5.32 Å². The van der Waals surface area contributed by atoms with Crippen LogP contribution < -0.4 is 5.32 Å². The average Bonchev–Trinajstić information content (AvgIpc) is 2.64. The SMILES string of the molecule is O=C(CSc1ccc2ccccc2c1)NCCCc1ccccc1. The molecule has 0 heterocycles. The van der Waals surface area contributed by atoms with Crippen molar-refractivity contribution >= 4 is 28.4 Å². The smallest absolute Gasteiger partial charge is 0.230 e. The number of rotatable bonds is 7. The molecule has 0 saturated carbocycles. The van der Waals surface area contributed by atoms with Gasteiger partial charge in [0.1, 0.15) is 0 Å². The van der Waals surface area contributed by atoms with E-state index in [9.17, 15) is 4.79 Å². The Labute approximate surface area is 147 Å². The monoisotopic (exact) mass is 335 g/mol. The van der Waals surface area contributed by atoms with Gasteiger partial charge in [-0.2, -0.15) is 0 Å². The van der Waals surface area contributed by atoms with Crippen LogP contribution in [-0.4, -0.2) is 18.2 Å². The maximum absolute atomic E-state index is 12.0. The largest absolute Gasteiger partial charge is 0.355 e. The topological polar surface area (TPSA) is 29.1 Å². The van der Waals surface area contributed by atoms with Crippen LogP contribution in [0.25, 0.3) is 10.8 Å². The summed E-state index contributed by atoms with van der Waals surface area (Å²) in [4.78, 5) is 13.1. The van der Waals surface area contributed by atoms with E-state index in [1.54, 1.807) is 11.8 Å². The summed E-state index contributed by atoms with van der Waals surface area (Å²) in [6.45, 7) is 0.728. The van der Waals surface area contributed by atoms with Crippen molar-refractivity contribution in [2.45, 2.75) is 17.7 Å². The highest BCUT2D eigenvalue weighted by Crippen LogP contribution is 2.23. The van der Waals surface area contributed by atoms with Gasteiger partial charge in [-0.15, -0.1) is 11.8 Å². The zero-order valence-corrected chi connectivity index (χ0v) is 14.4. The van der Waals surface area contributed by atoms with Gasteiger partial charge in [-0.1, -0.05) is 60.7 Å². The lowest BCUT2D eigenvalue weighted by molar-refractivity contribution is -0.118. The summed E-state index contributed by atoms with van der Waals surface area (Å²) in [7, 11) is 0. The van der Waals surface area contributed by atoms with E-state index < -0.39 is 0 Å². The number of nitrogens with one attached hydrogen (secondary N) is 1. The Morgan fingerprint density at radius 2 is 1.62 bits per heavy atom. The number of amides is 1. The second-order valence-corrected chi connectivity index (χ2v) is 6.79. The van der Waals surface area contributed by atoms with Gasteiger partial charge in [-0.25, -0.2) is 0 Å². The first-order valence-electron chi connectivity index (χ1n) is 8.23. The fourth-order valence-electron chi connectivity index (χ4n) is 2.62. The molecule has 0 aliphatic carbocycles. The van der Waals surface area contributed by atoms with Crippen LogP contribution in [0.1, 0.15) is 12.0 Å². The van der Waals surface area contributed by atoms with E-state index in [2.05, 4.69) is 47.8 Å². The highest BCUT2D eigenvalue weighted by Gasteiger charge is 2.03. The number of aryl methyl sites for hydroxylation is 1. The number of fused-ring (bicyclic) bond motifs is 1. The first-order chi connectivity index (χ1) is 11.8. The summed E-state index contributed by atoms with van der Waals surface area (Å²) in [5, 5.41) is 5.44. The molecule has 0 aliphatic rings. The third-order valence-corrected chi connectivity index (χ3v) is 4.89. The number of thioether (sulfide) groups is 1. The van der Waals surface area contributed by atoms with Crippen molar-refractivity contribution in [3.05, 3.63) is 78.4 Å². The van der Waals surface area contributed by atoms with Crippen LogP contribution >= 0.6 is 11.8 Å².